The highest BCUT2D eigenvalue weighted by Crippen LogP contribution is 2.25. The molecule has 0 spiro atoms. The van der Waals surface area contributed by atoms with Crippen LogP contribution in [-0.4, -0.2) is 61.0 Å². The Bertz CT molecular complexity index is 980. The van der Waals surface area contributed by atoms with Crippen molar-refractivity contribution in [1.29, 1.82) is 0 Å². The van der Waals surface area contributed by atoms with Crippen LogP contribution in [0.2, 0.25) is 0 Å². The van der Waals surface area contributed by atoms with Crippen molar-refractivity contribution < 1.29 is 9.59 Å². The molecule has 2 fully saturated rings. The second-order valence-electron chi connectivity index (χ2n) is 9.61. The van der Waals surface area contributed by atoms with E-state index in [2.05, 4.69) is 42.3 Å². The van der Waals surface area contributed by atoms with Gasteiger partial charge < -0.3 is 20.0 Å². The van der Waals surface area contributed by atoms with E-state index in [9.17, 15) is 9.59 Å². The molecule has 6 heteroatoms. The number of nitrogens with one attached hydrogen (secondary N) is 1. The lowest BCUT2D eigenvalue weighted by Crippen LogP contribution is -2.50. The number of hydrogen-bond acceptors (Lipinski definition) is 3. The minimum atomic E-state index is -0.0712. The highest BCUT2D eigenvalue weighted by Gasteiger charge is 2.28. The molecule has 3 amide bonds. The first-order valence-corrected chi connectivity index (χ1v) is 12.1. The molecular weight excluding hydrogens is 412 g/mol. The Kier molecular flexibility index (Phi) is 7.21. The molecule has 2 aromatic rings. The summed E-state index contributed by atoms with van der Waals surface area (Å²) in [5.41, 5.74) is 5.81. The molecule has 2 aliphatic rings. The number of carbonyl (C=O) groups is 2. The topological polar surface area (TPSA) is 55.9 Å². The average Bonchev–Trinajstić information content (AvgIpc) is 2.82. The summed E-state index contributed by atoms with van der Waals surface area (Å²) < 4.78 is 0. The van der Waals surface area contributed by atoms with Crippen LogP contribution in [0, 0.1) is 26.7 Å². The summed E-state index contributed by atoms with van der Waals surface area (Å²) in [6.07, 6.45) is 2.47. The van der Waals surface area contributed by atoms with Crippen LogP contribution in [0.25, 0.3) is 0 Å². The summed E-state index contributed by atoms with van der Waals surface area (Å²) in [5, 5.41) is 2.99. The van der Waals surface area contributed by atoms with E-state index in [1.807, 2.05) is 41.0 Å². The first-order valence-electron chi connectivity index (χ1n) is 12.1. The summed E-state index contributed by atoms with van der Waals surface area (Å²) in [6.45, 7) is 10.9. The Balaban J connectivity index is 1.26. The van der Waals surface area contributed by atoms with Crippen molar-refractivity contribution in [2.45, 2.75) is 40.0 Å². The molecule has 6 nitrogen and oxygen atoms in total. The third-order valence-corrected chi connectivity index (χ3v) is 6.91. The molecule has 2 heterocycles. The maximum atomic E-state index is 13.0. The lowest BCUT2D eigenvalue weighted by Gasteiger charge is -2.38. The summed E-state index contributed by atoms with van der Waals surface area (Å²) >= 11 is 0. The molecule has 0 radical (unpaired) electrons. The smallest absolute Gasteiger partial charge is 0.321 e. The number of rotatable bonds is 4. The molecule has 0 saturated carbocycles. The molecule has 1 N–H and O–H groups in total. The van der Waals surface area contributed by atoms with Crippen molar-refractivity contribution in [1.82, 2.24) is 9.80 Å². The number of aryl methyl sites for hydroxylation is 3. The Morgan fingerprint density at radius 2 is 1.58 bits per heavy atom. The van der Waals surface area contributed by atoms with E-state index in [1.165, 1.54) is 22.4 Å². The van der Waals surface area contributed by atoms with Gasteiger partial charge in [0.25, 0.3) is 0 Å². The predicted molar refractivity (Wildman–Crippen MR) is 134 cm³/mol. The van der Waals surface area contributed by atoms with Gasteiger partial charge in [-0.25, -0.2) is 4.79 Å². The summed E-state index contributed by atoms with van der Waals surface area (Å²) in [6, 6.07) is 14.3. The van der Waals surface area contributed by atoms with Crippen molar-refractivity contribution in [3.8, 4) is 0 Å². The number of piperidine rings is 1. The highest BCUT2D eigenvalue weighted by atomic mass is 16.2. The SMILES string of the molecule is Cc1ccc(NC(=O)N2CCC[C@@H](CC(=O)N3CCN(c4cc(C)ccc4C)CC3)C2)cc1. The lowest BCUT2D eigenvalue weighted by molar-refractivity contribution is -0.132. The van der Waals surface area contributed by atoms with Crippen LogP contribution in [0.15, 0.2) is 42.5 Å². The Morgan fingerprint density at radius 3 is 2.30 bits per heavy atom. The van der Waals surface area contributed by atoms with Crippen LogP contribution in [0.5, 0.6) is 0 Å². The van der Waals surface area contributed by atoms with Gasteiger partial charge >= 0.3 is 6.03 Å². The fourth-order valence-corrected chi connectivity index (χ4v) is 4.89. The Hall–Kier alpha value is -3.02. The number of benzene rings is 2. The Labute approximate surface area is 197 Å². The molecule has 0 aromatic heterocycles. The molecule has 2 saturated heterocycles. The number of piperazine rings is 1. The van der Waals surface area contributed by atoms with E-state index in [4.69, 9.17) is 0 Å². The number of nitrogens with zero attached hydrogens (tertiary/aromatic N) is 3. The zero-order chi connectivity index (χ0) is 23.4. The summed E-state index contributed by atoms with van der Waals surface area (Å²) in [7, 11) is 0. The number of amides is 3. The van der Waals surface area contributed by atoms with Crippen molar-refractivity contribution in [2.24, 2.45) is 5.92 Å². The van der Waals surface area contributed by atoms with Gasteiger partial charge in [0.2, 0.25) is 5.91 Å². The largest absolute Gasteiger partial charge is 0.368 e. The molecule has 1 atom stereocenters. The minimum Gasteiger partial charge on any atom is -0.368 e. The normalized spacial score (nSPS) is 18.9. The predicted octanol–water partition coefficient (Wildman–Crippen LogP) is 4.59. The van der Waals surface area contributed by atoms with Gasteiger partial charge in [0.15, 0.2) is 0 Å². The molecule has 2 aliphatic heterocycles. The van der Waals surface area contributed by atoms with Crippen molar-refractivity contribution in [2.75, 3.05) is 49.5 Å². The minimum absolute atomic E-state index is 0.0712. The van der Waals surface area contributed by atoms with Crippen LogP contribution < -0.4 is 10.2 Å². The number of hydrogen-bond donors (Lipinski definition) is 1. The van der Waals surface area contributed by atoms with Crippen LogP contribution >= 0.6 is 0 Å². The van der Waals surface area contributed by atoms with Crippen LogP contribution in [0.3, 0.4) is 0 Å². The van der Waals surface area contributed by atoms with Gasteiger partial charge in [0, 0.05) is 57.1 Å². The van der Waals surface area contributed by atoms with Gasteiger partial charge in [-0.2, -0.15) is 0 Å². The standard InChI is InChI=1S/C27H36N4O2/c1-20-7-10-24(11-8-20)28-27(33)31-12-4-5-23(19-31)18-26(32)30-15-13-29(14-16-30)25-17-21(2)6-9-22(25)3/h6-11,17,23H,4-5,12-16,18-19H2,1-3H3,(H,28,33)/t23-/m0/s1. The zero-order valence-corrected chi connectivity index (χ0v) is 20.1. The first-order chi connectivity index (χ1) is 15.9. The molecule has 2 aromatic carbocycles. The van der Waals surface area contributed by atoms with Gasteiger partial charge in [-0.3, -0.25) is 4.79 Å². The van der Waals surface area contributed by atoms with Gasteiger partial charge in [-0.15, -0.1) is 0 Å². The summed E-state index contributed by atoms with van der Waals surface area (Å²) in [4.78, 5) is 32.0. The van der Waals surface area contributed by atoms with Gasteiger partial charge in [0.1, 0.15) is 0 Å². The molecular formula is C27H36N4O2. The van der Waals surface area contributed by atoms with Crippen molar-refractivity contribution in [3.63, 3.8) is 0 Å². The third-order valence-electron chi connectivity index (χ3n) is 6.91. The number of urea groups is 1. The van der Waals surface area contributed by atoms with Crippen LogP contribution in [0.4, 0.5) is 16.2 Å². The van der Waals surface area contributed by atoms with Gasteiger partial charge in [-0.1, -0.05) is 29.8 Å². The quantitative estimate of drug-likeness (QED) is 0.744. The third kappa shape index (κ3) is 5.86. The maximum Gasteiger partial charge on any atom is 0.321 e. The van der Waals surface area contributed by atoms with Crippen LogP contribution in [0.1, 0.15) is 36.0 Å². The molecule has 4 rings (SSSR count). The molecule has 33 heavy (non-hydrogen) atoms. The number of carbonyl (C=O) groups excluding carboxylic acids is 2. The number of likely N-dealkylation sites (tertiary alicyclic amines) is 1. The van der Waals surface area contributed by atoms with E-state index < -0.39 is 0 Å². The van der Waals surface area contributed by atoms with Crippen LogP contribution in [-0.2, 0) is 4.79 Å². The van der Waals surface area contributed by atoms with Gasteiger partial charge in [0.05, 0.1) is 0 Å². The van der Waals surface area contributed by atoms with E-state index >= 15 is 0 Å². The van der Waals surface area contributed by atoms with Crippen molar-refractivity contribution in [3.05, 3.63) is 59.2 Å². The molecule has 0 bridgehead atoms. The second kappa shape index (κ2) is 10.3. The monoisotopic (exact) mass is 448 g/mol. The zero-order valence-electron chi connectivity index (χ0n) is 20.1. The van der Waals surface area contributed by atoms with E-state index in [-0.39, 0.29) is 17.9 Å². The lowest BCUT2D eigenvalue weighted by atomic mass is 9.94. The Morgan fingerprint density at radius 1 is 0.879 bits per heavy atom. The van der Waals surface area contributed by atoms with Gasteiger partial charge in [-0.05, 0) is 68.9 Å². The van der Waals surface area contributed by atoms with E-state index in [0.717, 1.165) is 51.3 Å². The number of anilines is 2. The van der Waals surface area contributed by atoms with Crippen molar-refractivity contribution >= 4 is 23.3 Å². The average molecular weight is 449 g/mol. The molecule has 0 aliphatic carbocycles. The highest BCUT2D eigenvalue weighted by molar-refractivity contribution is 5.89. The fourth-order valence-electron chi connectivity index (χ4n) is 4.89. The summed E-state index contributed by atoms with van der Waals surface area (Å²) in [5.74, 6) is 0.452. The fraction of sp³-hybridized carbons (Fsp3) is 0.481. The molecule has 0 unspecified atom stereocenters. The second-order valence-corrected chi connectivity index (χ2v) is 9.61. The van der Waals surface area contributed by atoms with E-state index in [1.54, 1.807) is 0 Å². The first kappa shape index (κ1) is 23.1. The molecule has 176 valence electrons. The maximum absolute atomic E-state index is 13.0. The van der Waals surface area contributed by atoms with E-state index in [0.29, 0.717) is 13.0 Å².